The molecule has 11 heteroatoms. The molecule has 0 saturated heterocycles. The number of rotatable bonds is 9. The van der Waals surface area contributed by atoms with Crippen LogP contribution in [0.25, 0.3) is 11.4 Å². The Morgan fingerprint density at radius 1 is 1.21 bits per heavy atom. The number of halogens is 4. The van der Waals surface area contributed by atoms with Gasteiger partial charge in [-0.25, -0.2) is 4.39 Å². The first-order valence-corrected chi connectivity index (χ1v) is 9.96. The fraction of sp³-hybridized carbons (Fsp3) is 0.318. The van der Waals surface area contributed by atoms with Crippen molar-refractivity contribution in [1.29, 1.82) is 0 Å². The summed E-state index contributed by atoms with van der Waals surface area (Å²) in [6.07, 6.45) is -5.31. The van der Waals surface area contributed by atoms with Gasteiger partial charge in [-0.05, 0) is 55.0 Å². The number of nitrogens with one attached hydrogen (secondary N) is 1. The Hall–Kier alpha value is -3.47. The smallest absolute Gasteiger partial charge is 0.416 e. The number of aryl methyl sites for hydroxylation is 2. The van der Waals surface area contributed by atoms with Crippen molar-refractivity contribution >= 4 is 5.91 Å². The van der Waals surface area contributed by atoms with Gasteiger partial charge < -0.3 is 19.7 Å². The lowest BCUT2D eigenvalue weighted by molar-refractivity contribution is -0.137. The first-order valence-electron chi connectivity index (χ1n) is 9.96. The van der Waals surface area contributed by atoms with Crippen LogP contribution in [0.2, 0.25) is 0 Å². The molecule has 0 aliphatic heterocycles. The minimum atomic E-state index is -4.44. The second-order valence-electron chi connectivity index (χ2n) is 7.27. The van der Waals surface area contributed by atoms with Gasteiger partial charge in [-0.2, -0.15) is 18.2 Å². The third-order valence-corrected chi connectivity index (χ3v) is 4.61. The minimum absolute atomic E-state index is 0.0244. The molecule has 0 radical (unpaired) electrons. The van der Waals surface area contributed by atoms with Crippen molar-refractivity contribution in [3.63, 3.8) is 0 Å². The molecule has 1 amide bonds. The summed E-state index contributed by atoms with van der Waals surface area (Å²) in [6, 6.07) is 8.48. The summed E-state index contributed by atoms with van der Waals surface area (Å²) in [5.41, 5.74) is 0.229. The van der Waals surface area contributed by atoms with E-state index < -0.39 is 17.8 Å². The topological polar surface area (TPSA) is 97.5 Å². The summed E-state index contributed by atoms with van der Waals surface area (Å²) < 4.78 is 61.3. The van der Waals surface area contributed by atoms with Crippen molar-refractivity contribution in [2.24, 2.45) is 0 Å². The van der Waals surface area contributed by atoms with Crippen molar-refractivity contribution < 1.29 is 36.7 Å². The van der Waals surface area contributed by atoms with Crippen LogP contribution in [0.1, 0.15) is 23.4 Å². The summed E-state index contributed by atoms with van der Waals surface area (Å²) in [5.74, 6) is -0.0402. The summed E-state index contributed by atoms with van der Waals surface area (Å²) in [7, 11) is 0. The number of carbonyl (C=O) groups is 1. The standard InChI is InChI=1S/C22H21F4N3O4/c1-13-10-14(2-7-18(13)23)21-28-20(33-29-21)9-8-19(31)27-11-16(30)12-32-17-5-3-15(4-6-17)22(24,25)26/h2-7,10,16,30H,8-9,11-12H2,1H3,(H,27,31). The van der Waals surface area contributed by atoms with Crippen LogP contribution in [0.5, 0.6) is 5.75 Å². The number of ether oxygens (including phenoxy) is 1. The molecule has 0 aliphatic carbocycles. The average Bonchev–Trinajstić information content (AvgIpc) is 3.25. The van der Waals surface area contributed by atoms with Gasteiger partial charge in [-0.1, -0.05) is 5.16 Å². The first kappa shape index (κ1) is 24.2. The minimum Gasteiger partial charge on any atom is -0.491 e. The second kappa shape index (κ2) is 10.4. The van der Waals surface area contributed by atoms with Gasteiger partial charge in [0.05, 0.1) is 5.56 Å². The molecule has 0 bridgehead atoms. The zero-order valence-corrected chi connectivity index (χ0v) is 17.5. The van der Waals surface area contributed by atoms with E-state index in [0.717, 1.165) is 24.3 Å². The summed E-state index contributed by atoms with van der Waals surface area (Å²) in [6.45, 7) is 1.30. The Labute approximate surface area is 186 Å². The summed E-state index contributed by atoms with van der Waals surface area (Å²) in [5, 5.41) is 16.3. The predicted octanol–water partition coefficient (Wildman–Crippen LogP) is 3.69. The zero-order valence-electron chi connectivity index (χ0n) is 17.5. The first-order chi connectivity index (χ1) is 15.6. The maximum absolute atomic E-state index is 13.4. The van der Waals surface area contributed by atoms with Gasteiger partial charge in [0.2, 0.25) is 17.6 Å². The number of carbonyl (C=O) groups excluding carboxylic acids is 1. The number of benzene rings is 2. The maximum Gasteiger partial charge on any atom is 0.416 e. The zero-order chi connectivity index (χ0) is 24.0. The van der Waals surface area contributed by atoms with Crippen molar-refractivity contribution in [1.82, 2.24) is 15.5 Å². The molecule has 0 aliphatic rings. The Balaban J connectivity index is 1.39. The molecule has 176 valence electrons. The van der Waals surface area contributed by atoms with Gasteiger partial charge in [-0.15, -0.1) is 0 Å². The van der Waals surface area contributed by atoms with Gasteiger partial charge in [0.1, 0.15) is 24.3 Å². The van der Waals surface area contributed by atoms with E-state index in [-0.39, 0.29) is 55.2 Å². The number of alkyl halides is 3. The lowest BCUT2D eigenvalue weighted by Crippen LogP contribution is -2.35. The highest BCUT2D eigenvalue weighted by Gasteiger charge is 2.30. The normalized spacial score (nSPS) is 12.4. The van der Waals surface area contributed by atoms with Crippen LogP contribution in [0.3, 0.4) is 0 Å². The molecule has 1 heterocycles. The average molecular weight is 467 g/mol. The third kappa shape index (κ3) is 7.01. The van der Waals surface area contributed by atoms with E-state index in [0.29, 0.717) is 11.1 Å². The summed E-state index contributed by atoms with van der Waals surface area (Å²) in [4.78, 5) is 16.2. The van der Waals surface area contributed by atoms with E-state index in [1.54, 1.807) is 13.0 Å². The number of nitrogens with zero attached hydrogens (tertiary/aromatic N) is 2. The lowest BCUT2D eigenvalue weighted by Gasteiger charge is -2.14. The Morgan fingerprint density at radius 3 is 2.61 bits per heavy atom. The van der Waals surface area contributed by atoms with Crippen molar-refractivity contribution in [2.75, 3.05) is 13.2 Å². The molecule has 0 spiro atoms. The van der Waals surface area contributed by atoms with Crippen molar-refractivity contribution in [2.45, 2.75) is 32.0 Å². The van der Waals surface area contributed by atoms with E-state index >= 15 is 0 Å². The van der Waals surface area contributed by atoms with Gasteiger partial charge in [0.15, 0.2) is 0 Å². The van der Waals surface area contributed by atoms with Crippen LogP contribution in [0, 0.1) is 12.7 Å². The lowest BCUT2D eigenvalue weighted by atomic mass is 10.1. The predicted molar refractivity (Wildman–Crippen MR) is 109 cm³/mol. The van der Waals surface area contributed by atoms with E-state index in [2.05, 4.69) is 15.5 Å². The number of aliphatic hydroxyl groups is 1. The fourth-order valence-electron chi connectivity index (χ4n) is 2.79. The largest absolute Gasteiger partial charge is 0.491 e. The number of hydrogen-bond acceptors (Lipinski definition) is 6. The molecule has 2 aromatic carbocycles. The fourth-order valence-corrected chi connectivity index (χ4v) is 2.79. The van der Waals surface area contributed by atoms with Crippen LogP contribution in [-0.4, -0.2) is 40.4 Å². The van der Waals surface area contributed by atoms with Crippen LogP contribution in [0.15, 0.2) is 47.0 Å². The molecule has 0 saturated carbocycles. The molecule has 0 fully saturated rings. The monoisotopic (exact) mass is 467 g/mol. The van der Waals surface area contributed by atoms with Crippen LogP contribution < -0.4 is 10.1 Å². The quantitative estimate of drug-likeness (QED) is 0.466. The highest BCUT2D eigenvalue weighted by Crippen LogP contribution is 2.30. The van der Waals surface area contributed by atoms with Crippen molar-refractivity contribution in [3.8, 4) is 17.1 Å². The van der Waals surface area contributed by atoms with Crippen LogP contribution in [0.4, 0.5) is 17.6 Å². The van der Waals surface area contributed by atoms with Gasteiger partial charge in [0.25, 0.3) is 0 Å². The number of amides is 1. The Bertz CT molecular complexity index is 1080. The van der Waals surface area contributed by atoms with Gasteiger partial charge in [0, 0.05) is 24.9 Å². The van der Waals surface area contributed by atoms with E-state index in [4.69, 9.17) is 9.26 Å². The second-order valence-corrected chi connectivity index (χ2v) is 7.27. The van der Waals surface area contributed by atoms with Gasteiger partial charge >= 0.3 is 6.18 Å². The molecular formula is C22H21F4N3O4. The summed E-state index contributed by atoms with van der Waals surface area (Å²) >= 11 is 0. The Morgan fingerprint density at radius 2 is 1.94 bits per heavy atom. The third-order valence-electron chi connectivity index (χ3n) is 4.61. The number of aliphatic hydroxyl groups excluding tert-OH is 1. The van der Waals surface area contributed by atoms with E-state index in [1.807, 2.05) is 0 Å². The maximum atomic E-state index is 13.4. The molecular weight excluding hydrogens is 446 g/mol. The molecule has 7 nitrogen and oxygen atoms in total. The molecule has 1 aromatic heterocycles. The van der Waals surface area contributed by atoms with Crippen molar-refractivity contribution in [3.05, 3.63) is 65.3 Å². The Kier molecular flexibility index (Phi) is 7.64. The molecule has 1 atom stereocenters. The van der Waals surface area contributed by atoms with Gasteiger partial charge in [-0.3, -0.25) is 4.79 Å². The van der Waals surface area contributed by atoms with Crippen LogP contribution >= 0.6 is 0 Å². The molecule has 1 unspecified atom stereocenters. The highest BCUT2D eigenvalue weighted by molar-refractivity contribution is 5.76. The molecule has 3 aromatic rings. The van der Waals surface area contributed by atoms with Crippen LogP contribution in [-0.2, 0) is 17.4 Å². The SMILES string of the molecule is Cc1cc(-c2noc(CCC(=O)NCC(O)COc3ccc(C(F)(F)F)cc3)n2)ccc1F. The molecule has 33 heavy (non-hydrogen) atoms. The van der Waals surface area contributed by atoms with E-state index in [9.17, 15) is 27.5 Å². The highest BCUT2D eigenvalue weighted by atomic mass is 19.4. The number of aromatic nitrogens is 2. The molecule has 3 rings (SSSR count). The number of hydrogen-bond donors (Lipinski definition) is 2. The molecule has 2 N–H and O–H groups in total. The van der Waals surface area contributed by atoms with E-state index in [1.165, 1.54) is 12.1 Å².